The first-order chi connectivity index (χ1) is 20.7. The number of nitrogens with zero attached hydrogens (tertiary/aromatic N) is 4. The van der Waals surface area contributed by atoms with E-state index in [4.69, 9.17) is 14.5 Å². The average Bonchev–Trinajstić information content (AvgIpc) is 3.55. The molecule has 1 aliphatic rings. The number of carbonyl (C=O) groups is 2. The monoisotopic (exact) mass is 641 g/mol. The van der Waals surface area contributed by atoms with E-state index in [0.29, 0.717) is 18.1 Å². The highest BCUT2D eigenvalue weighted by atomic mass is 79.9. The highest BCUT2D eigenvalue weighted by Gasteiger charge is 2.41. The molecular formula is C33H32BrN5O4. The number of H-pyrrole nitrogens is 1. The zero-order valence-corrected chi connectivity index (χ0v) is 25.8. The summed E-state index contributed by atoms with van der Waals surface area (Å²) in [5.74, 6) is 0.152. The topological polar surface area (TPSA) is 102 Å². The molecule has 0 spiro atoms. The Kier molecular flexibility index (Phi) is 7.79. The molecule has 43 heavy (non-hydrogen) atoms. The minimum Gasteiger partial charge on any atom is -0.459 e. The number of hydrogen-bond donors (Lipinski definition) is 1. The third-order valence-corrected chi connectivity index (χ3v) is 7.78. The van der Waals surface area contributed by atoms with Crippen LogP contribution in [0.4, 0.5) is 4.79 Å². The molecule has 0 aliphatic carbocycles. The summed E-state index contributed by atoms with van der Waals surface area (Å²) in [5, 5.41) is 8.68. The fourth-order valence-corrected chi connectivity index (χ4v) is 5.63. The summed E-state index contributed by atoms with van der Waals surface area (Å²) in [5.41, 5.74) is 4.30. The van der Waals surface area contributed by atoms with Gasteiger partial charge in [0, 0.05) is 22.8 Å². The van der Waals surface area contributed by atoms with E-state index in [9.17, 15) is 9.59 Å². The average molecular weight is 643 g/mol. The number of imidazole rings is 1. The summed E-state index contributed by atoms with van der Waals surface area (Å²) in [7, 11) is 0. The van der Waals surface area contributed by atoms with Gasteiger partial charge in [-0.1, -0.05) is 76.6 Å². The predicted molar refractivity (Wildman–Crippen MR) is 166 cm³/mol. The Balaban J connectivity index is 1.42. The minimum absolute atomic E-state index is 0.105. The second-order valence-corrected chi connectivity index (χ2v) is 12.5. The van der Waals surface area contributed by atoms with Crippen molar-refractivity contribution in [2.45, 2.75) is 58.5 Å². The second kappa shape index (κ2) is 11.7. The first kappa shape index (κ1) is 28.7. The van der Waals surface area contributed by atoms with E-state index in [2.05, 4.69) is 30.7 Å². The van der Waals surface area contributed by atoms with Crippen molar-refractivity contribution in [2.75, 3.05) is 0 Å². The van der Waals surface area contributed by atoms with Gasteiger partial charge >= 0.3 is 12.1 Å². The van der Waals surface area contributed by atoms with Gasteiger partial charge in [0.2, 0.25) is 0 Å². The van der Waals surface area contributed by atoms with Crippen molar-refractivity contribution < 1.29 is 19.1 Å². The smallest absolute Gasteiger partial charge is 0.411 e. The highest BCUT2D eigenvalue weighted by Crippen LogP contribution is 2.34. The Bertz CT molecular complexity index is 1780. The van der Waals surface area contributed by atoms with Crippen LogP contribution in [0.1, 0.15) is 43.3 Å². The summed E-state index contributed by atoms with van der Waals surface area (Å²) >= 11 is 3.53. The Morgan fingerprint density at radius 3 is 2.40 bits per heavy atom. The number of hydrogen-bond acceptors (Lipinski definition) is 6. The fraction of sp³-hybridized carbons (Fsp3) is 0.273. The molecule has 6 rings (SSSR count). The maximum atomic E-state index is 13.6. The Morgan fingerprint density at radius 1 is 1.00 bits per heavy atom. The summed E-state index contributed by atoms with van der Waals surface area (Å²) in [6.07, 6.45) is -0.394. The number of aromatic nitrogens is 4. The van der Waals surface area contributed by atoms with Crippen molar-refractivity contribution in [3.8, 4) is 11.5 Å². The molecule has 0 saturated heterocycles. The van der Waals surface area contributed by atoms with Crippen LogP contribution in [0.2, 0.25) is 0 Å². The standard InChI is InChI=1S/C33H32BrN5O4/c1-33(2,3)43-32(41)39-19-28-26(17-27(39)31(40)42-20-22-12-8-5-9-13-22)35-30(38(28)18-21-10-6-4-7-11-21)29-24-15-14-23(34)16-25(24)36-37-29/h4-16,27H,17-20H2,1-3H3,(H,36,37)/t27-/m0/s1. The summed E-state index contributed by atoms with van der Waals surface area (Å²) in [6.45, 7) is 6.16. The highest BCUT2D eigenvalue weighted by molar-refractivity contribution is 9.10. The molecule has 0 saturated carbocycles. The van der Waals surface area contributed by atoms with Crippen molar-refractivity contribution in [2.24, 2.45) is 0 Å². The lowest BCUT2D eigenvalue weighted by atomic mass is 10.0. The normalized spacial score (nSPS) is 14.9. The number of esters is 1. The van der Waals surface area contributed by atoms with Crippen LogP contribution < -0.4 is 0 Å². The van der Waals surface area contributed by atoms with E-state index in [1.165, 1.54) is 4.90 Å². The lowest BCUT2D eigenvalue weighted by molar-refractivity contribution is -0.152. The van der Waals surface area contributed by atoms with Crippen LogP contribution in [0.5, 0.6) is 0 Å². The Hall–Kier alpha value is -4.44. The van der Waals surface area contributed by atoms with E-state index >= 15 is 0 Å². The van der Waals surface area contributed by atoms with Crippen LogP contribution in [0.25, 0.3) is 22.4 Å². The Labute approximate surface area is 258 Å². The maximum absolute atomic E-state index is 13.6. The predicted octanol–water partition coefficient (Wildman–Crippen LogP) is 6.64. The molecule has 2 aromatic heterocycles. The molecule has 3 heterocycles. The number of amides is 1. The molecule has 10 heteroatoms. The molecule has 3 aromatic carbocycles. The van der Waals surface area contributed by atoms with E-state index < -0.39 is 23.7 Å². The van der Waals surface area contributed by atoms with Crippen LogP contribution in [0.15, 0.2) is 83.3 Å². The molecule has 0 radical (unpaired) electrons. The molecule has 0 unspecified atom stereocenters. The van der Waals surface area contributed by atoms with E-state index in [1.54, 1.807) is 0 Å². The van der Waals surface area contributed by atoms with Gasteiger partial charge in [0.15, 0.2) is 5.82 Å². The van der Waals surface area contributed by atoms with E-state index in [1.807, 2.05) is 99.6 Å². The summed E-state index contributed by atoms with van der Waals surface area (Å²) in [6, 6.07) is 24.6. The third-order valence-electron chi connectivity index (χ3n) is 7.28. The molecule has 9 nitrogen and oxygen atoms in total. The molecule has 220 valence electrons. The van der Waals surface area contributed by atoms with E-state index in [0.717, 1.165) is 37.9 Å². The summed E-state index contributed by atoms with van der Waals surface area (Å²) in [4.78, 5) is 33.6. The number of nitrogens with one attached hydrogen (secondary N) is 1. The first-order valence-corrected chi connectivity index (χ1v) is 14.9. The van der Waals surface area contributed by atoms with Gasteiger partial charge in [-0.05, 0) is 50.1 Å². The van der Waals surface area contributed by atoms with Gasteiger partial charge in [0.1, 0.15) is 23.9 Å². The van der Waals surface area contributed by atoms with Gasteiger partial charge in [-0.15, -0.1) is 0 Å². The molecular weight excluding hydrogens is 610 g/mol. The zero-order chi connectivity index (χ0) is 30.1. The lowest BCUT2D eigenvalue weighted by Gasteiger charge is -2.35. The molecule has 5 aromatic rings. The van der Waals surface area contributed by atoms with Crippen LogP contribution in [0.3, 0.4) is 0 Å². The molecule has 0 bridgehead atoms. The Morgan fingerprint density at radius 2 is 1.70 bits per heavy atom. The molecule has 1 amide bonds. The van der Waals surface area contributed by atoms with Gasteiger partial charge in [-0.25, -0.2) is 14.6 Å². The van der Waals surface area contributed by atoms with Gasteiger partial charge in [0.25, 0.3) is 0 Å². The van der Waals surface area contributed by atoms with Crippen LogP contribution in [-0.2, 0) is 40.4 Å². The van der Waals surface area contributed by atoms with Gasteiger partial charge in [-0.2, -0.15) is 5.10 Å². The van der Waals surface area contributed by atoms with Crippen LogP contribution in [-0.4, -0.2) is 48.4 Å². The third kappa shape index (κ3) is 6.19. The molecule has 1 N–H and O–H groups in total. The molecule has 0 fully saturated rings. The van der Waals surface area contributed by atoms with E-state index in [-0.39, 0.29) is 19.6 Å². The van der Waals surface area contributed by atoms with Crippen molar-refractivity contribution in [3.05, 3.63) is 106 Å². The van der Waals surface area contributed by atoms with Crippen molar-refractivity contribution in [3.63, 3.8) is 0 Å². The van der Waals surface area contributed by atoms with Crippen molar-refractivity contribution in [1.29, 1.82) is 0 Å². The number of aromatic amines is 1. The number of rotatable bonds is 6. The van der Waals surface area contributed by atoms with Gasteiger partial charge < -0.3 is 14.0 Å². The quantitative estimate of drug-likeness (QED) is 0.209. The number of ether oxygens (including phenoxy) is 2. The maximum Gasteiger partial charge on any atom is 0.411 e. The molecule has 1 atom stereocenters. The number of fused-ring (bicyclic) bond motifs is 2. The SMILES string of the molecule is CC(C)(C)OC(=O)N1Cc2c(nc(-c3n[nH]c4cc(Br)ccc34)n2Cc2ccccc2)C[C@H]1C(=O)OCc1ccccc1. The first-order valence-electron chi connectivity index (χ1n) is 14.1. The van der Waals surface area contributed by atoms with Crippen LogP contribution >= 0.6 is 15.9 Å². The van der Waals surface area contributed by atoms with Gasteiger partial charge in [-0.3, -0.25) is 10.00 Å². The van der Waals surface area contributed by atoms with Crippen LogP contribution in [0, 0.1) is 0 Å². The number of benzene rings is 3. The minimum atomic E-state index is -0.897. The lowest BCUT2D eigenvalue weighted by Crippen LogP contribution is -2.51. The van der Waals surface area contributed by atoms with Crippen molar-refractivity contribution in [1.82, 2.24) is 24.6 Å². The largest absolute Gasteiger partial charge is 0.459 e. The fourth-order valence-electron chi connectivity index (χ4n) is 5.27. The second-order valence-electron chi connectivity index (χ2n) is 11.6. The van der Waals surface area contributed by atoms with Gasteiger partial charge in [0.05, 0.1) is 23.4 Å². The zero-order valence-electron chi connectivity index (χ0n) is 24.2. The molecule has 1 aliphatic heterocycles. The summed E-state index contributed by atoms with van der Waals surface area (Å²) < 4.78 is 14.5. The number of halogens is 1. The number of carbonyl (C=O) groups excluding carboxylic acids is 2. The van der Waals surface area contributed by atoms with Crippen molar-refractivity contribution >= 4 is 38.9 Å².